The van der Waals surface area contributed by atoms with Crippen molar-refractivity contribution in [2.45, 2.75) is 102 Å². The summed E-state index contributed by atoms with van der Waals surface area (Å²) in [6.07, 6.45) is 19.9. The molecule has 0 heterocycles. The summed E-state index contributed by atoms with van der Waals surface area (Å²) in [6.45, 7) is 5.96. The van der Waals surface area contributed by atoms with Crippen molar-refractivity contribution < 1.29 is 8.85 Å². The van der Waals surface area contributed by atoms with E-state index in [0.717, 1.165) is 12.1 Å². The van der Waals surface area contributed by atoms with Gasteiger partial charge < -0.3 is 8.85 Å². The van der Waals surface area contributed by atoms with Crippen LogP contribution in [0.25, 0.3) is 0 Å². The molecule has 0 aromatic carbocycles. The molecule has 23 heavy (non-hydrogen) atoms. The van der Waals surface area contributed by atoms with Gasteiger partial charge in [0.05, 0.1) is 0 Å². The molecule has 0 fully saturated rings. The largest absolute Gasteiger partial charge is 0.398 e. The molecule has 0 aliphatic carbocycles. The van der Waals surface area contributed by atoms with Crippen LogP contribution in [-0.2, 0) is 8.85 Å². The summed E-state index contributed by atoms with van der Waals surface area (Å²) in [5.74, 6) is 0. The lowest BCUT2D eigenvalue weighted by Crippen LogP contribution is -2.38. The maximum atomic E-state index is 5.66. The van der Waals surface area contributed by atoms with Crippen LogP contribution in [0.3, 0.4) is 0 Å². The van der Waals surface area contributed by atoms with Crippen molar-refractivity contribution in [2.24, 2.45) is 0 Å². The highest BCUT2D eigenvalue weighted by Gasteiger charge is 2.32. The first-order valence-electron chi connectivity index (χ1n) is 9.96. The molecule has 0 aromatic rings. The van der Waals surface area contributed by atoms with Gasteiger partial charge >= 0.3 is 8.56 Å². The fourth-order valence-electron chi connectivity index (χ4n) is 3.20. The van der Waals surface area contributed by atoms with Gasteiger partial charge in [0, 0.05) is 14.2 Å². The molecule has 0 aromatic heterocycles. The zero-order valence-corrected chi connectivity index (χ0v) is 17.2. The minimum atomic E-state index is -1.83. The van der Waals surface area contributed by atoms with Crippen LogP contribution in [0, 0.1) is 0 Å². The van der Waals surface area contributed by atoms with Gasteiger partial charge in [-0.1, -0.05) is 83.6 Å². The minimum Gasteiger partial charge on any atom is -0.398 e. The molecule has 0 radical (unpaired) electrons. The topological polar surface area (TPSA) is 18.5 Å². The molecule has 0 spiro atoms. The van der Waals surface area contributed by atoms with E-state index in [4.69, 9.17) is 8.85 Å². The summed E-state index contributed by atoms with van der Waals surface area (Å²) in [5, 5.41) is 0. The average Bonchev–Trinajstić information content (AvgIpc) is 2.59. The van der Waals surface area contributed by atoms with Crippen LogP contribution >= 0.6 is 0 Å². The Bertz CT molecular complexity index is 244. The summed E-state index contributed by atoms with van der Waals surface area (Å²) >= 11 is 0. The van der Waals surface area contributed by atoms with Crippen LogP contribution in [0.2, 0.25) is 12.1 Å². The maximum Gasteiger partial charge on any atom is 0.337 e. The highest BCUT2D eigenvalue weighted by Crippen LogP contribution is 2.21. The molecule has 0 bridgehead atoms. The molecule has 0 unspecified atom stereocenters. The van der Waals surface area contributed by atoms with E-state index >= 15 is 0 Å². The number of allylic oxidation sites excluding steroid dienone is 1. The Labute approximate surface area is 147 Å². The van der Waals surface area contributed by atoms with Gasteiger partial charge in [0.15, 0.2) is 0 Å². The number of unbranched alkanes of at least 4 members (excludes halogenated alkanes) is 12. The van der Waals surface area contributed by atoms with Crippen LogP contribution in [0.4, 0.5) is 0 Å². The standard InChI is InChI=1S/C20H42O2Si/c1-5-7-8-9-10-11-12-13-14-15-16-17-18-19-20-23(6-2,21-3)22-4/h5H,1,6-20H2,2-4H3. The van der Waals surface area contributed by atoms with Gasteiger partial charge in [-0.3, -0.25) is 0 Å². The van der Waals surface area contributed by atoms with Gasteiger partial charge in [-0.2, -0.15) is 0 Å². The van der Waals surface area contributed by atoms with Crippen molar-refractivity contribution in [3.63, 3.8) is 0 Å². The normalized spacial score (nSPS) is 11.8. The van der Waals surface area contributed by atoms with E-state index in [2.05, 4.69) is 13.5 Å². The van der Waals surface area contributed by atoms with Crippen molar-refractivity contribution >= 4 is 8.56 Å². The average molecular weight is 343 g/mol. The summed E-state index contributed by atoms with van der Waals surface area (Å²) in [4.78, 5) is 0. The molecule has 0 aliphatic rings. The van der Waals surface area contributed by atoms with E-state index in [1.165, 1.54) is 83.5 Å². The van der Waals surface area contributed by atoms with Gasteiger partial charge in [-0.05, 0) is 24.9 Å². The smallest absolute Gasteiger partial charge is 0.337 e. The van der Waals surface area contributed by atoms with Crippen LogP contribution < -0.4 is 0 Å². The molecule has 2 nitrogen and oxygen atoms in total. The fourth-order valence-corrected chi connectivity index (χ4v) is 5.50. The van der Waals surface area contributed by atoms with Gasteiger partial charge in [0.1, 0.15) is 0 Å². The van der Waals surface area contributed by atoms with E-state index in [-0.39, 0.29) is 0 Å². The minimum absolute atomic E-state index is 1.06. The van der Waals surface area contributed by atoms with Gasteiger partial charge in [-0.15, -0.1) is 6.58 Å². The highest BCUT2D eigenvalue weighted by atomic mass is 28.4. The van der Waals surface area contributed by atoms with E-state index in [1.807, 2.05) is 20.3 Å². The van der Waals surface area contributed by atoms with Crippen LogP contribution in [0.1, 0.15) is 90.4 Å². The maximum absolute atomic E-state index is 5.66. The first kappa shape index (κ1) is 22.9. The van der Waals surface area contributed by atoms with Gasteiger partial charge in [0.25, 0.3) is 0 Å². The molecule has 0 saturated heterocycles. The zero-order chi connectivity index (χ0) is 17.2. The zero-order valence-electron chi connectivity index (χ0n) is 16.2. The Kier molecular flexibility index (Phi) is 16.6. The van der Waals surface area contributed by atoms with E-state index in [9.17, 15) is 0 Å². The lowest BCUT2D eigenvalue weighted by Gasteiger charge is -2.25. The lowest BCUT2D eigenvalue weighted by molar-refractivity contribution is 0.241. The molecule has 3 heteroatoms. The van der Waals surface area contributed by atoms with Crippen LogP contribution in [0.15, 0.2) is 12.7 Å². The fraction of sp³-hybridized carbons (Fsp3) is 0.900. The predicted molar refractivity (Wildman–Crippen MR) is 105 cm³/mol. The molecule has 0 amide bonds. The predicted octanol–water partition coefficient (Wildman–Crippen LogP) is 7.00. The number of hydrogen-bond acceptors (Lipinski definition) is 2. The van der Waals surface area contributed by atoms with Crippen molar-refractivity contribution in [3.05, 3.63) is 12.7 Å². The van der Waals surface area contributed by atoms with E-state index in [0.29, 0.717) is 0 Å². The molecular weight excluding hydrogens is 300 g/mol. The Morgan fingerprint density at radius 3 is 1.43 bits per heavy atom. The van der Waals surface area contributed by atoms with E-state index in [1.54, 1.807) is 0 Å². The molecule has 0 atom stereocenters. The van der Waals surface area contributed by atoms with Crippen molar-refractivity contribution in [3.8, 4) is 0 Å². The summed E-state index contributed by atoms with van der Waals surface area (Å²) < 4.78 is 11.3. The second kappa shape index (κ2) is 16.7. The number of hydrogen-bond donors (Lipinski definition) is 0. The molecule has 0 saturated carbocycles. The van der Waals surface area contributed by atoms with Crippen molar-refractivity contribution in [2.75, 3.05) is 14.2 Å². The molecule has 0 N–H and O–H groups in total. The quantitative estimate of drug-likeness (QED) is 0.152. The molecular formula is C20H42O2Si. The Morgan fingerprint density at radius 1 is 0.696 bits per heavy atom. The van der Waals surface area contributed by atoms with Gasteiger partial charge in [0.2, 0.25) is 0 Å². The van der Waals surface area contributed by atoms with Crippen molar-refractivity contribution in [1.82, 2.24) is 0 Å². The molecule has 138 valence electrons. The van der Waals surface area contributed by atoms with Crippen molar-refractivity contribution in [1.29, 1.82) is 0 Å². The summed E-state index contributed by atoms with van der Waals surface area (Å²) in [5.41, 5.74) is 0. The lowest BCUT2D eigenvalue weighted by atomic mass is 10.0. The van der Waals surface area contributed by atoms with E-state index < -0.39 is 8.56 Å². The first-order chi connectivity index (χ1) is 11.2. The SMILES string of the molecule is C=CCCCCCCCCCCCCCC[Si](CC)(OC)OC. The molecule has 0 aliphatic heterocycles. The Hall–Kier alpha value is -0.123. The third-order valence-corrected chi connectivity index (χ3v) is 8.68. The third kappa shape index (κ3) is 12.9. The molecule has 0 rings (SSSR count). The first-order valence-corrected chi connectivity index (χ1v) is 12.2. The summed E-state index contributed by atoms with van der Waals surface area (Å²) in [7, 11) is 1.81. The highest BCUT2D eigenvalue weighted by molar-refractivity contribution is 6.67. The Balaban J connectivity index is 3.26. The van der Waals surface area contributed by atoms with Crippen LogP contribution in [-0.4, -0.2) is 22.8 Å². The second-order valence-electron chi connectivity index (χ2n) is 6.74. The number of rotatable bonds is 18. The van der Waals surface area contributed by atoms with Crippen LogP contribution in [0.5, 0.6) is 0 Å². The summed E-state index contributed by atoms with van der Waals surface area (Å²) in [6, 6.07) is 2.22. The second-order valence-corrected chi connectivity index (χ2v) is 10.6. The Morgan fingerprint density at radius 2 is 1.09 bits per heavy atom. The third-order valence-electron chi connectivity index (χ3n) is 5.00. The monoisotopic (exact) mass is 342 g/mol. The van der Waals surface area contributed by atoms with Gasteiger partial charge in [-0.25, -0.2) is 0 Å².